The van der Waals surface area contributed by atoms with E-state index in [1.165, 1.54) is 12.1 Å². The summed E-state index contributed by atoms with van der Waals surface area (Å²) in [6.07, 6.45) is 3.10. The molecule has 0 aliphatic heterocycles. The second-order valence-corrected chi connectivity index (χ2v) is 7.84. The first-order valence-electron chi connectivity index (χ1n) is 11.1. The summed E-state index contributed by atoms with van der Waals surface area (Å²) in [5.41, 5.74) is 2.47. The standard InChI is InChI=1S/C26H25FN4O3/c1-18(20-6-4-8-23(16-20)33-17-22-7-2-3-15-28-22)29-24(32)9-5-10-25-30-26(31-34-25)19-11-13-21(27)14-12-19/h2-4,6-8,11-16,18H,5,9-10,17H2,1H3,(H,29,32). The molecule has 0 fully saturated rings. The van der Waals surface area contributed by atoms with Crippen molar-refractivity contribution in [2.75, 3.05) is 0 Å². The molecule has 1 amide bonds. The molecule has 34 heavy (non-hydrogen) atoms. The number of ether oxygens (including phenoxy) is 1. The number of amides is 1. The molecule has 4 aromatic rings. The van der Waals surface area contributed by atoms with E-state index in [-0.39, 0.29) is 17.8 Å². The Labute approximate surface area is 197 Å². The van der Waals surface area contributed by atoms with E-state index in [9.17, 15) is 9.18 Å². The zero-order chi connectivity index (χ0) is 23.8. The van der Waals surface area contributed by atoms with Crippen molar-refractivity contribution >= 4 is 5.91 Å². The quantitative estimate of drug-likeness (QED) is 0.356. The lowest BCUT2D eigenvalue weighted by molar-refractivity contribution is -0.121. The molecule has 0 bridgehead atoms. The molecule has 1 unspecified atom stereocenters. The molecule has 0 aliphatic rings. The average Bonchev–Trinajstić information content (AvgIpc) is 3.33. The van der Waals surface area contributed by atoms with E-state index in [1.807, 2.05) is 49.4 Å². The highest BCUT2D eigenvalue weighted by molar-refractivity contribution is 5.76. The van der Waals surface area contributed by atoms with Crippen LogP contribution in [0.15, 0.2) is 77.4 Å². The van der Waals surface area contributed by atoms with Gasteiger partial charge in [-0.25, -0.2) is 4.39 Å². The van der Waals surface area contributed by atoms with Gasteiger partial charge in [-0.1, -0.05) is 23.4 Å². The van der Waals surface area contributed by atoms with Crippen molar-refractivity contribution in [3.05, 3.63) is 95.9 Å². The maximum atomic E-state index is 13.1. The van der Waals surface area contributed by atoms with Crippen LogP contribution in [0, 0.1) is 5.82 Å². The third kappa shape index (κ3) is 6.48. The Hall–Kier alpha value is -4.07. The molecule has 0 aliphatic carbocycles. The van der Waals surface area contributed by atoms with E-state index in [4.69, 9.17) is 9.26 Å². The molecule has 0 spiro atoms. The average molecular weight is 461 g/mol. The van der Waals surface area contributed by atoms with Crippen molar-refractivity contribution in [1.29, 1.82) is 0 Å². The Morgan fingerprint density at radius 2 is 1.97 bits per heavy atom. The second-order valence-electron chi connectivity index (χ2n) is 7.84. The molecule has 2 heterocycles. The van der Waals surface area contributed by atoms with Crippen molar-refractivity contribution in [3.8, 4) is 17.1 Å². The molecular weight excluding hydrogens is 435 g/mol. The third-order valence-corrected chi connectivity index (χ3v) is 5.21. The number of carbonyl (C=O) groups excluding carboxylic acids is 1. The van der Waals surface area contributed by atoms with Gasteiger partial charge in [-0.15, -0.1) is 0 Å². The van der Waals surface area contributed by atoms with Crippen LogP contribution in [0.1, 0.15) is 43.0 Å². The van der Waals surface area contributed by atoms with Gasteiger partial charge in [0.05, 0.1) is 11.7 Å². The van der Waals surface area contributed by atoms with E-state index in [0.717, 1.165) is 17.0 Å². The Bertz CT molecular complexity index is 1210. The van der Waals surface area contributed by atoms with E-state index in [2.05, 4.69) is 20.4 Å². The Kier molecular flexibility index (Phi) is 7.60. The molecule has 174 valence electrons. The van der Waals surface area contributed by atoms with Gasteiger partial charge in [0.2, 0.25) is 17.6 Å². The summed E-state index contributed by atoms with van der Waals surface area (Å²) in [7, 11) is 0. The van der Waals surface area contributed by atoms with Crippen LogP contribution in [-0.4, -0.2) is 21.0 Å². The summed E-state index contributed by atoms with van der Waals surface area (Å²) in [4.78, 5) is 21.0. The molecule has 1 N–H and O–H groups in total. The van der Waals surface area contributed by atoms with E-state index in [0.29, 0.717) is 43.1 Å². The smallest absolute Gasteiger partial charge is 0.226 e. The maximum Gasteiger partial charge on any atom is 0.226 e. The number of aryl methyl sites for hydroxylation is 1. The number of nitrogens with zero attached hydrogens (tertiary/aromatic N) is 3. The van der Waals surface area contributed by atoms with Gasteiger partial charge in [-0.3, -0.25) is 9.78 Å². The topological polar surface area (TPSA) is 90.1 Å². The van der Waals surface area contributed by atoms with Gasteiger partial charge in [0, 0.05) is 24.6 Å². The number of aromatic nitrogens is 3. The van der Waals surface area contributed by atoms with Gasteiger partial charge in [-0.05, 0) is 67.4 Å². The number of rotatable bonds is 10. The lowest BCUT2D eigenvalue weighted by Gasteiger charge is -2.15. The van der Waals surface area contributed by atoms with Crippen LogP contribution in [0.4, 0.5) is 4.39 Å². The van der Waals surface area contributed by atoms with Crippen LogP contribution in [0.3, 0.4) is 0 Å². The van der Waals surface area contributed by atoms with Crippen LogP contribution < -0.4 is 10.1 Å². The molecule has 2 aromatic heterocycles. The van der Waals surface area contributed by atoms with Crippen molar-refractivity contribution in [1.82, 2.24) is 20.4 Å². The van der Waals surface area contributed by atoms with Gasteiger partial charge in [0.15, 0.2) is 0 Å². The Morgan fingerprint density at radius 3 is 2.76 bits per heavy atom. The predicted molar refractivity (Wildman–Crippen MR) is 124 cm³/mol. The van der Waals surface area contributed by atoms with Crippen LogP contribution in [0.25, 0.3) is 11.4 Å². The number of carbonyl (C=O) groups is 1. The zero-order valence-electron chi connectivity index (χ0n) is 18.8. The molecule has 8 heteroatoms. The van der Waals surface area contributed by atoms with Crippen molar-refractivity contribution in [2.24, 2.45) is 0 Å². The fourth-order valence-electron chi connectivity index (χ4n) is 3.38. The monoisotopic (exact) mass is 460 g/mol. The molecule has 0 saturated heterocycles. The zero-order valence-corrected chi connectivity index (χ0v) is 18.8. The molecule has 1 atom stereocenters. The third-order valence-electron chi connectivity index (χ3n) is 5.21. The Morgan fingerprint density at radius 1 is 1.12 bits per heavy atom. The number of halogens is 1. The van der Waals surface area contributed by atoms with Crippen LogP contribution >= 0.6 is 0 Å². The number of hydrogen-bond acceptors (Lipinski definition) is 6. The first-order valence-corrected chi connectivity index (χ1v) is 11.1. The molecular formula is C26H25FN4O3. The van der Waals surface area contributed by atoms with Crippen LogP contribution in [0.5, 0.6) is 5.75 Å². The fourth-order valence-corrected chi connectivity index (χ4v) is 3.38. The number of hydrogen-bond donors (Lipinski definition) is 1. The normalized spacial score (nSPS) is 11.7. The summed E-state index contributed by atoms with van der Waals surface area (Å²) in [6, 6.07) is 19.1. The lowest BCUT2D eigenvalue weighted by atomic mass is 10.1. The largest absolute Gasteiger partial charge is 0.487 e. The maximum absolute atomic E-state index is 13.1. The summed E-state index contributed by atoms with van der Waals surface area (Å²) >= 11 is 0. The second kappa shape index (κ2) is 11.2. The molecule has 0 saturated carbocycles. The summed E-state index contributed by atoms with van der Waals surface area (Å²) in [5.74, 6) is 1.18. The van der Waals surface area contributed by atoms with Crippen molar-refractivity contribution in [2.45, 2.75) is 38.8 Å². The fraction of sp³-hybridized carbons (Fsp3) is 0.231. The SMILES string of the molecule is CC(NC(=O)CCCc1nc(-c2ccc(F)cc2)no1)c1cccc(OCc2ccccn2)c1. The first kappa shape index (κ1) is 23.1. The minimum atomic E-state index is -0.323. The first-order chi connectivity index (χ1) is 16.6. The van der Waals surface area contributed by atoms with Gasteiger partial charge < -0.3 is 14.6 Å². The molecule has 0 radical (unpaired) electrons. The number of benzene rings is 2. The van der Waals surface area contributed by atoms with Crippen LogP contribution in [0.2, 0.25) is 0 Å². The van der Waals surface area contributed by atoms with Crippen LogP contribution in [-0.2, 0) is 17.8 Å². The van der Waals surface area contributed by atoms with Crippen molar-refractivity contribution in [3.63, 3.8) is 0 Å². The minimum Gasteiger partial charge on any atom is -0.487 e. The van der Waals surface area contributed by atoms with E-state index < -0.39 is 0 Å². The summed E-state index contributed by atoms with van der Waals surface area (Å²) < 4.78 is 24.1. The highest BCUT2D eigenvalue weighted by Gasteiger charge is 2.13. The van der Waals surface area contributed by atoms with Gasteiger partial charge >= 0.3 is 0 Å². The van der Waals surface area contributed by atoms with E-state index >= 15 is 0 Å². The van der Waals surface area contributed by atoms with Gasteiger partial charge in [0.1, 0.15) is 18.2 Å². The Balaban J connectivity index is 1.23. The number of pyridine rings is 1. The highest BCUT2D eigenvalue weighted by atomic mass is 19.1. The number of nitrogens with one attached hydrogen (secondary N) is 1. The molecule has 4 rings (SSSR count). The van der Waals surface area contributed by atoms with Gasteiger partial charge in [0.25, 0.3) is 0 Å². The predicted octanol–water partition coefficient (Wildman–Crippen LogP) is 5.05. The van der Waals surface area contributed by atoms with E-state index in [1.54, 1.807) is 18.3 Å². The summed E-state index contributed by atoms with van der Waals surface area (Å²) in [6.45, 7) is 2.31. The highest BCUT2D eigenvalue weighted by Crippen LogP contribution is 2.21. The molecule has 2 aromatic carbocycles. The van der Waals surface area contributed by atoms with Gasteiger partial charge in [-0.2, -0.15) is 4.98 Å². The van der Waals surface area contributed by atoms with Crippen molar-refractivity contribution < 1.29 is 18.4 Å². The lowest BCUT2D eigenvalue weighted by Crippen LogP contribution is -2.26. The molecule has 7 nitrogen and oxygen atoms in total. The summed E-state index contributed by atoms with van der Waals surface area (Å²) in [5, 5.41) is 6.93. The minimum absolute atomic E-state index is 0.0643.